The molecule has 0 N–H and O–H groups in total. The molecule has 1 heterocycles. The van der Waals surface area contributed by atoms with Crippen LogP contribution < -0.4 is 0 Å². The van der Waals surface area contributed by atoms with Crippen LogP contribution in [0, 0.1) is 0 Å². The Morgan fingerprint density at radius 3 is 1.70 bits per heavy atom. The summed E-state index contributed by atoms with van der Waals surface area (Å²) in [6, 6.07) is 1.48. The molecule has 2 atom stereocenters. The highest BCUT2D eigenvalue weighted by Gasteiger charge is 2.28. The van der Waals surface area contributed by atoms with Crippen LogP contribution in [0.25, 0.3) is 0 Å². The van der Waals surface area contributed by atoms with Gasteiger partial charge in [-0.3, -0.25) is 0 Å². The van der Waals surface area contributed by atoms with Crippen molar-refractivity contribution in [1.29, 1.82) is 0 Å². The maximum Gasteiger partial charge on any atom is 0.0221 e. The van der Waals surface area contributed by atoms with Gasteiger partial charge in [0.05, 0.1) is 0 Å². The molecule has 0 saturated carbocycles. The highest BCUT2D eigenvalue weighted by molar-refractivity contribution is 4.78. The lowest BCUT2D eigenvalue weighted by Gasteiger charge is -2.32. The zero-order chi connectivity index (χ0) is 7.72. The smallest absolute Gasteiger partial charge is 0.0221 e. The van der Waals surface area contributed by atoms with Gasteiger partial charge in [-0.15, -0.1) is 0 Å². The van der Waals surface area contributed by atoms with Gasteiger partial charge in [0.2, 0.25) is 0 Å². The Morgan fingerprint density at radius 1 is 1.10 bits per heavy atom. The molecule has 60 valence electrons. The van der Waals surface area contributed by atoms with Crippen LogP contribution in [0.15, 0.2) is 0 Å². The van der Waals surface area contributed by atoms with Crippen molar-refractivity contribution in [2.45, 2.75) is 38.8 Å². The van der Waals surface area contributed by atoms with Crippen molar-refractivity contribution >= 4 is 0 Å². The van der Waals surface area contributed by atoms with E-state index >= 15 is 0 Å². The molecule has 0 aromatic rings. The summed E-state index contributed by atoms with van der Waals surface area (Å²) in [6.07, 6.45) is 2.69. The van der Waals surface area contributed by atoms with Crippen molar-refractivity contribution in [3.05, 3.63) is 0 Å². The molecule has 2 nitrogen and oxygen atoms in total. The highest BCUT2D eigenvalue weighted by atomic mass is 15.6. The molecule has 2 heteroatoms. The number of rotatable bonds is 1. The van der Waals surface area contributed by atoms with Gasteiger partial charge >= 0.3 is 0 Å². The second-order valence-corrected chi connectivity index (χ2v) is 3.50. The lowest BCUT2D eigenvalue weighted by atomic mass is 10.2. The van der Waals surface area contributed by atoms with Gasteiger partial charge in [0.1, 0.15) is 0 Å². The molecule has 1 fully saturated rings. The molecule has 0 amide bonds. The first kappa shape index (κ1) is 8.02. The van der Waals surface area contributed by atoms with Crippen LogP contribution in [-0.4, -0.2) is 36.2 Å². The Kier molecular flexibility index (Phi) is 2.32. The van der Waals surface area contributed by atoms with Crippen LogP contribution in [0.1, 0.15) is 26.7 Å². The maximum absolute atomic E-state index is 2.44. The molecular formula is C8H18N2. The molecule has 1 rings (SSSR count). The molecule has 0 aromatic heterocycles. The first-order valence-electron chi connectivity index (χ1n) is 4.08. The van der Waals surface area contributed by atoms with E-state index in [4.69, 9.17) is 0 Å². The maximum atomic E-state index is 2.44. The number of nitrogens with zero attached hydrogens (tertiary/aromatic N) is 2. The molecule has 0 aromatic carbocycles. The Hall–Kier alpha value is -0.0800. The third-order valence-electron chi connectivity index (χ3n) is 2.37. The second kappa shape index (κ2) is 2.89. The molecule has 0 aliphatic carbocycles. The van der Waals surface area contributed by atoms with Crippen molar-refractivity contribution in [2.24, 2.45) is 0 Å². The molecule has 2 unspecified atom stereocenters. The van der Waals surface area contributed by atoms with Gasteiger partial charge < -0.3 is 0 Å². The normalized spacial score (nSPS) is 35.7. The van der Waals surface area contributed by atoms with Crippen molar-refractivity contribution in [3.8, 4) is 0 Å². The summed E-state index contributed by atoms with van der Waals surface area (Å²) in [5.74, 6) is 0. The van der Waals surface area contributed by atoms with Gasteiger partial charge in [-0.05, 0) is 26.7 Å². The standard InChI is InChI=1S/C8H18N2/c1-7-5-6-8(2)10(7)9(3)4/h7-8H,5-6H2,1-4H3. The zero-order valence-corrected chi connectivity index (χ0v) is 7.46. The van der Waals surface area contributed by atoms with E-state index in [1.54, 1.807) is 0 Å². The van der Waals surface area contributed by atoms with E-state index < -0.39 is 0 Å². The summed E-state index contributed by atoms with van der Waals surface area (Å²) in [5.41, 5.74) is 0. The van der Waals surface area contributed by atoms with E-state index in [-0.39, 0.29) is 0 Å². The first-order chi connectivity index (χ1) is 4.63. The molecule has 1 aliphatic rings. The Bertz CT molecular complexity index is 102. The van der Waals surface area contributed by atoms with E-state index in [9.17, 15) is 0 Å². The predicted octanol–water partition coefficient (Wildman–Crippen LogP) is 1.34. The van der Waals surface area contributed by atoms with E-state index in [2.05, 4.69) is 38.0 Å². The zero-order valence-electron chi connectivity index (χ0n) is 7.46. The summed E-state index contributed by atoms with van der Waals surface area (Å²) in [6.45, 7) is 4.59. The summed E-state index contributed by atoms with van der Waals surface area (Å²) in [7, 11) is 4.25. The average molecular weight is 142 g/mol. The monoisotopic (exact) mass is 142 g/mol. The second-order valence-electron chi connectivity index (χ2n) is 3.50. The minimum absolute atomic E-state index is 0.741. The molecule has 10 heavy (non-hydrogen) atoms. The average Bonchev–Trinajstić information content (AvgIpc) is 2.11. The lowest BCUT2D eigenvalue weighted by Crippen LogP contribution is -2.43. The summed E-state index contributed by atoms with van der Waals surface area (Å²) in [4.78, 5) is 0. The van der Waals surface area contributed by atoms with E-state index in [0.29, 0.717) is 0 Å². The third kappa shape index (κ3) is 1.32. The summed E-state index contributed by atoms with van der Waals surface area (Å²) in [5, 5.41) is 4.66. The Morgan fingerprint density at radius 2 is 1.50 bits per heavy atom. The largest absolute Gasteiger partial charge is 0.247 e. The van der Waals surface area contributed by atoms with Gasteiger partial charge in [0, 0.05) is 26.2 Å². The van der Waals surface area contributed by atoms with Crippen LogP contribution in [0.4, 0.5) is 0 Å². The fourth-order valence-electron chi connectivity index (χ4n) is 1.97. The fraction of sp³-hybridized carbons (Fsp3) is 1.00. The van der Waals surface area contributed by atoms with Gasteiger partial charge in [-0.2, -0.15) is 0 Å². The van der Waals surface area contributed by atoms with Gasteiger partial charge in [-0.25, -0.2) is 10.0 Å². The minimum Gasteiger partial charge on any atom is -0.247 e. The Balaban J connectivity index is 2.54. The quantitative estimate of drug-likeness (QED) is 0.545. The molecule has 0 radical (unpaired) electrons. The highest BCUT2D eigenvalue weighted by Crippen LogP contribution is 2.23. The predicted molar refractivity (Wildman–Crippen MR) is 43.7 cm³/mol. The van der Waals surface area contributed by atoms with Crippen LogP contribution in [0.5, 0.6) is 0 Å². The van der Waals surface area contributed by atoms with Crippen molar-refractivity contribution in [1.82, 2.24) is 10.0 Å². The van der Waals surface area contributed by atoms with Crippen LogP contribution in [0.2, 0.25) is 0 Å². The van der Waals surface area contributed by atoms with E-state index in [0.717, 1.165) is 12.1 Å². The number of hydrazine groups is 1. The van der Waals surface area contributed by atoms with E-state index in [1.807, 2.05) is 0 Å². The SMILES string of the molecule is CC1CCC(C)N1N(C)C. The molecular weight excluding hydrogens is 124 g/mol. The molecule has 0 spiro atoms. The van der Waals surface area contributed by atoms with Crippen LogP contribution in [0.3, 0.4) is 0 Å². The molecule has 0 bridgehead atoms. The summed E-state index contributed by atoms with van der Waals surface area (Å²) >= 11 is 0. The number of hydrogen-bond donors (Lipinski definition) is 0. The van der Waals surface area contributed by atoms with Gasteiger partial charge in [0.25, 0.3) is 0 Å². The fourth-order valence-corrected chi connectivity index (χ4v) is 1.97. The number of hydrogen-bond acceptors (Lipinski definition) is 2. The van der Waals surface area contributed by atoms with Crippen molar-refractivity contribution in [3.63, 3.8) is 0 Å². The van der Waals surface area contributed by atoms with Gasteiger partial charge in [0.15, 0.2) is 0 Å². The molecule has 1 aliphatic heterocycles. The van der Waals surface area contributed by atoms with Crippen LogP contribution >= 0.6 is 0 Å². The van der Waals surface area contributed by atoms with Crippen LogP contribution in [-0.2, 0) is 0 Å². The van der Waals surface area contributed by atoms with Crippen molar-refractivity contribution in [2.75, 3.05) is 14.1 Å². The lowest BCUT2D eigenvalue weighted by molar-refractivity contribution is -0.0132. The third-order valence-corrected chi connectivity index (χ3v) is 2.37. The van der Waals surface area contributed by atoms with Crippen molar-refractivity contribution < 1.29 is 0 Å². The van der Waals surface area contributed by atoms with Gasteiger partial charge in [-0.1, -0.05) is 0 Å². The van der Waals surface area contributed by atoms with E-state index in [1.165, 1.54) is 12.8 Å². The Labute approximate surface area is 63.8 Å². The minimum atomic E-state index is 0.741. The summed E-state index contributed by atoms with van der Waals surface area (Å²) < 4.78 is 0. The molecule has 1 saturated heterocycles. The topological polar surface area (TPSA) is 6.48 Å². The first-order valence-corrected chi connectivity index (χ1v) is 4.08.